The Kier molecular flexibility index (Phi) is 1.90. The molecule has 0 spiro atoms. The van der Waals surface area contributed by atoms with Crippen LogP contribution in [0.2, 0.25) is 0 Å². The molecule has 2 rings (SSSR count). The molecule has 0 aromatic heterocycles. The smallest absolute Gasteiger partial charge is 0.266 e. The molecule has 0 atom stereocenters. The summed E-state index contributed by atoms with van der Waals surface area (Å²) >= 11 is 2.60. The van der Waals surface area contributed by atoms with Crippen molar-refractivity contribution in [2.24, 2.45) is 0 Å². The fourth-order valence-electron chi connectivity index (χ4n) is 1.23. The molecule has 1 aromatic carbocycles. The van der Waals surface area contributed by atoms with Crippen molar-refractivity contribution >= 4 is 28.1 Å². The minimum atomic E-state index is -0.447. The van der Waals surface area contributed by atoms with E-state index in [1.165, 1.54) is 0 Å². The molecule has 2 amide bonds. The third kappa shape index (κ3) is 1.08. The molecular weight excluding hydrogens is 238 g/mol. The number of fused-ring (bicyclic) bond motifs is 1. The highest BCUT2D eigenvalue weighted by Crippen LogP contribution is 2.23. The Labute approximate surface area is 82.5 Å². The molecule has 0 bridgehead atoms. The van der Waals surface area contributed by atoms with Gasteiger partial charge in [-0.25, -0.2) is 0 Å². The Morgan fingerprint density at radius 1 is 1.08 bits per heavy atom. The van der Waals surface area contributed by atoms with E-state index < -0.39 is 11.8 Å². The molecule has 1 aromatic rings. The predicted octanol–water partition coefficient (Wildman–Crippen LogP) is 1.52. The number of nitrogens with zero attached hydrogens (tertiary/aromatic N) is 1. The van der Waals surface area contributed by atoms with E-state index in [9.17, 15) is 9.59 Å². The normalized spacial score (nSPS) is 15.0. The number of hydroxylamine groups is 2. The van der Waals surface area contributed by atoms with E-state index in [0.29, 0.717) is 16.2 Å². The minimum absolute atomic E-state index is 0.368. The van der Waals surface area contributed by atoms with Crippen LogP contribution >= 0.6 is 16.3 Å². The first-order chi connectivity index (χ1) is 6.25. The number of amides is 2. The maximum atomic E-state index is 11.4. The van der Waals surface area contributed by atoms with Crippen molar-refractivity contribution in [2.45, 2.75) is 0 Å². The van der Waals surface area contributed by atoms with Gasteiger partial charge in [-0.3, -0.25) is 9.59 Å². The number of hydrogen-bond donors (Lipinski definition) is 0. The molecule has 1 heterocycles. The number of rotatable bonds is 1. The Morgan fingerprint density at radius 3 is 1.92 bits per heavy atom. The van der Waals surface area contributed by atoms with Gasteiger partial charge in [-0.15, -0.1) is 5.06 Å². The highest BCUT2D eigenvalue weighted by molar-refractivity contribution is 9.05. The second kappa shape index (κ2) is 2.93. The summed E-state index contributed by atoms with van der Waals surface area (Å²) in [4.78, 5) is 22.8. The first-order valence-electron chi connectivity index (χ1n) is 3.52. The molecule has 1 aliphatic rings. The second-order valence-electron chi connectivity index (χ2n) is 2.52. The van der Waals surface area contributed by atoms with Gasteiger partial charge < -0.3 is 0 Å². The van der Waals surface area contributed by atoms with Gasteiger partial charge >= 0.3 is 0 Å². The lowest BCUT2D eigenvalue weighted by Crippen LogP contribution is -2.26. The van der Waals surface area contributed by atoms with Crippen molar-refractivity contribution in [3.63, 3.8) is 0 Å². The summed E-state index contributed by atoms with van der Waals surface area (Å²) in [5.41, 5.74) is 0.735. The summed E-state index contributed by atoms with van der Waals surface area (Å²) in [5.74, 6) is -0.894. The van der Waals surface area contributed by atoms with Gasteiger partial charge in [0.05, 0.1) is 11.1 Å². The zero-order valence-corrected chi connectivity index (χ0v) is 7.95. The lowest BCUT2D eigenvalue weighted by Gasteiger charge is -2.05. The molecule has 13 heavy (non-hydrogen) atoms. The molecule has 66 valence electrons. The first-order valence-corrected chi connectivity index (χ1v) is 4.17. The van der Waals surface area contributed by atoms with E-state index in [1.54, 1.807) is 24.3 Å². The molecule has 4 nitrogen and oxygen atoms in total. The molecular formula is C8H4BrNO3. The van der Waals surface area contributed by atoms with E-state index in [1.807, 2.05) is 0 Å². The second-order valence-corrected chi connectivity index (χ2v) is 2.81. The predicted molar refractivity (Wildman–Crippen MR) is 47.0 cm³/mol. The zero-order chi connectivity index (χ0) is 9.42. The molecule has 0 aliphatic carbocycles. The van der Waals surface area contributed by atoms with Crippen LogP contribution in [0.5, 0.6) is 0 Å². The highest BCUT2D eigenvalue weighted by Gasteiger charge is 2.36. The molecule has 0 radical (unpaired) electrons. The van der Waals surface area contributed by atoms with Crippen LogP contribution < -0.4 is 0 Å². The first kappa shape index (κ1) is 8.40. The van der Waals surface area contributed by atoms with Crippen molar-refractivity contribution in [3.05, 3.63) is 35.4 Å². The third-order valence-electron chi connectivity index (χ3n) is 1.83. The topological polar surface area (TPSA) is 46.6 Å². The van der Waals surface area contributed by atoms with Crippen molar-refractivity contribution in [3.8, 4) is 0 Å². The summed E-state index contributed by atoms with van der Waals surface area (Å²) in [6, 6.07) is 6.56. The Morgan fingerprint density at radius 2 is 1.54 bits per heavy atom. The van der Waals surface area contributed by atoms with E-state index in [0.717, 1.165) is 0 Å². The molecule has 0 unspecified atom stereocenters. The van der Waals surface area contributed by atoms with Crippen molar-refractivity contribution in [2.75, 3.05) is 0 Å². The fraction of sp³-hybridized carbons (Fsp3) is 0. The van der Waals surface area contributed by atoms with Crippen LogP contribution in [0, 0.1) is 0 Å². The summed E-state index contributed by atoms with van der Waals surface area (Å²) in [7, 11) is 0. The van der Waals surface area contributed by atoms with E-state index >= 15 is 0 Å². The van der Waals surface area contributed by atoms with E-state index in [2.05, 4.69) is 20.2 Å². The van der Waals surface area contributed by atoms with Gasteiger partial charge in [0.15, 0.2) is 0 Å². The summed E-state index contributed by atoms with van der Waals surface area (Å²) < 4.78 is 4.46. The Hall–Kier alpha value is -1.20. The fourth-order valence-corrected chi connectivity index (χ4v) is 1.49. The summed E-state index contributed by atoms with van der Waals surface area (Å²) in [5, 5.41) is 0.671. The van der Waals surface area contributed by atoms with Crippen LogP contribution in [0.25, 0.3) is 0 Å². The number of imide groups is 1. The van der Waals surface area contributed by atoms with Crippen LogP contribution in [0.4, 0.5) is 0 Å². The zero-order valence-electron chi connectivity index (χ0n) is 6.36. The quantitative estimate of drug-likeness (QED) is 0.701. The SMILES string of the molecule is O=C1c2ccccc2C(=O)N1OBr. The van der Waals surface area contributed by atoms with Crippen LogP contribution in [0.15, 0.2) is 24.3 Å². The summed E-state index contributed by atoms with van der Waals surface area (Å²) in [6.45, 7) is 0. The lowest BCUT2D eigenvalue weighted by atomic mass is 10.1. The molecule has 1 aliphatic heterocycles. The standard InChI is InChI=1S/C8H4BrNO3/c9-13-10-7(11)5-3-1-2-4-6(5)8(10)12/h1-4H. The minimum Gasteiger partial charge on any atom is -0.266 e. The maximum Gasteiger partial charge on any atom is 0.286 e. The average Bonchev–Trinajstić information content (AvgIpc) is 2.41. The van der Waals surface area contributed by atoms with Crippen LogP contribution in [0.1, 0.15) is 20.7 Å². The monoisotopic (exact) mass is 241 g/mol. The van der Waals surface area contributed by atoms with Gasteiger partial charge in [-0.05, 0) is 12.1 Å². The van der Waals surface area contributed by atoms with Crippen molar-refractivity contribution in [1.29, 1.82) is 0 Å². The van der Waals surface area contributed by atoms with Gasteiger partial charge in [-0.1, -0.05) is 12.1 Å². The Bertz CT molecular complexity index is 356. The molecule has 0 saturated carbocycles. The number of benzene rings is 1. The number of hydrogen-bond acceptors (Lipinski definition) is 3. The van der Waals surface area contributed by atoms with Gasteiger partial charge in [0.25, 0.3) is 11.8 Å². The van der Waals surface area contributed by atoms with Gasteiger partial charge in [-0.2, -0.15) is 3.93 Å². The van der Waals surface area contributed by atoms with Crippen molar-refractivity contribution in [1.82, 2.24) is 5.06 Å². The van der Waals surface area contributed by atoms with E-state index in [4.69, 9.17) is 0 Å². The Balaban J connectivity index is 2.57. The third-order valence-corrected chi connectivity index (χ3v) is 2.12. The van der Waals surface area contributed by atoms with Crippen LogP contribution in [0.3, 0.4) is 0 Å². The van der Waals surface area contributed by atoms with E-state index in [-0.39, 0.29) is 0 Å². The molecule has 5 heteroatoms. The van der Waals surface area contributed by atoms with Gasteiger partial charge in [0.1, 0.15) is 16.3 Å². The number of halogens is 1. The molecule has 0 fully saturated rings. The number of carbonyl (C=O) groups excluding carboxylic acids is 2. The highest BCUT2D eigenvalue weighted by atomic mass is 79.9. The molecule has 0 N–H and O–H groups in total. The van der Waals surface area contributed by atoms with Gasteiger partial charge in [0, 0.05) is 0 Å². The molecule has 0 saturated heterocycles. The average molecular weight is 242 g/mol. The summed E-state index contributed by atoms with van der Waals surface area (Å²) in [6.07, 6.45) is 0. The lowest BCUT2D eigenvalue weighted by molar-refractivity contribution is 0.00311. The number of carbonyl (C=O) groups is 2. The van der Waals surface area contributed by atoms with Crippen molar-refractivity contribution < 1.29 is 13.5 Å². The van der Waals surface area contributed by atoms with Crippen LogP contribution in [-0.4, -0.2) is 16.9 Å². The van der Waals surface area contributed by atoms with Crippen LogP contribution in [-0.2, 0) is 3.93 Å². The largest absolute Gasteiger partial charge is 0.286 e. The van der Waals surface area contributed by atoms with Gasteiger partial charge in [0.2, 0.25) is 0 Å². The maximum absolute atomic E-state index is 11.4.